The minimum Gasteiger partial charge on any atom is -0.379 e. The molecular formula is C13H17N3O2S. The Morgan fingerprint density at radius 3 is 2.95 bits per heavy atom. The van der Waals surface area contributed by atoms with Gasteiger partial charge in [0.1, 0.15) is 4.70 Å². The number of nitrogens with zero attached hydrogens (tertiary/aromatic N) is 3. The Kier molecular flexibility index (Phi) is 3.63. The lowest BCUT2D eigenvalue weighted by molar-refractivity contribution is 0.0362. The predicted molar refractivity (Wildman–Crippen MR) is 75.9 cm³/mol. The van der Waals surface area contributed by atoms with Crippen LogP contribution in [0.4, 0.5) is 0 Å². The van der Waals surface area contributed by atoms with Crippen LogP contribution in [0, 0.1) is 6.92 Å². The molecule has 0 radical (unpaired) electrons. The molecule has 0 amide bonds. The van der Waals surface area contributed by atoms with Crippen LogP contribution < -0.4 is 5.56 Å². The fraction of sp³-hybridized carbons (Fsp3) is 0.538. The standard InChI is InChI=1S/C13H17N3O2S/c1-10-8-19-12-11(10)14-9-16(13(12)17)3-2-15-4-6-18-7-5-15/h8-9H,2-7H2,1H3. The van der Waals surface area contributed by atoms with Crippen LogP contribution in [0.25, 0.3) is 10.2 Å². The molecule has 0 bridgehead atoms. The minimum absolute atomic E-state index is 0.0800. The lowest BCUT2D eigenvalue weighted by atomic mass is 10.3. The van der Waals surface area contributed by atoms with Crippen molar-refractivity contribution in [2.45, 2.75) is 13.5 Å². The quantitative estimate of drug-likeness (QED) is 0.844. The average Bonchev–Trinajstić information content (AvgIpc) is 2.82. The summed E-state index contributed by atoms with van der Waals surface area (Å²) in [5.41, 5.74) is 2.01. The fourth-order valence-corrected chi connectivity index (χ4v) is 3.24. The molecule has 0 spiro atoms. The highest BCUT2D eigenvalue weighted by molar-refractivity contribution is 7.17. The van der Waals surface area contributed by atoms with Gasteiger partial charge in [-0.3, -0.25) is 14.3 Å². The number of fused-ring (bicyclic) bond motifs is 1. The zero-order valence-electron chi connectivity index (χ0n) is 11.0. The highest BCUT2D eigenvalue weighted by Crippen LogP contribution is 2.19. The van der Waals surface area contributed by atoms with E-state index in [1.807, 2.05) is 12.3 Å². The van der Waals surface area contributed by atoms with Gasteiger partial charge in [0.15, 0.2) is 0 Å². The van der Waals surface area contributed by atoms with Gasteiger partial charge >= 0.3 is 0 Å². The smallest absolute Gasteiger partial charge is 0.271 e. The number of aryl methyl sites for hydroxylation is 1. The normalized spacial score (nSPS) is 17.1. The SMILES string of the molecule is Cc1csc2c(=O)n(CCN3CCOCC3)cnc12. The van der Waals surface area contributed by atoms with Crippen LogP contribution in [-0.4, -0.2) is 47.3 Å². The van der Waals surface area contributed by atoms with Crippen molar-refractivity contribution in [3.8, 4) is 0 Å². The minimum atomic E-state index is 0.0800. The summed E-state index contributed by atoms with van der Waals surface area (Å²) in [5, 5.41) is 1.99. The van der Waals surface area contributed by atoms with Crippen LogP contribution in [0.3, 0.4) is 0 Å². The molecule has 6 heteroatoms. The van der Waals surface area contributed by atoms with Gasteiger partial charge in [0.25, 0.3) is 5.56 Å². The molecule has 5 nitrogen and oxygen atoms in total. The number of rotatable bonds is 3. The van der Waals surface area contributed by atoms with Crippen molar-refractivity contribution < 1.29 is 4.74 Å². The summed E-state index contributed by atoms with van der Waals surface area (Å²) in [6.07, 6.45) is 1.67. The third-order valence-corrected chi connectivity index (χ3v) is 4.56. The van der Waals surface area contributed by atoms with Crippen molar-refractivity contribution in [3.63, 3.8) is 0 Å². The van der Waals surface area contributed by atoms with Crippen molar-refractivity contribution in [2.75, 3.05) is 32.8 Å². The number of thiophene rings is 1. The molecule has 102 valence electrons. The van der Waals surface area contributed by atoms with Crippen molar-refractivity contribution in [1.82, 2.24) is 14.5 Å². The molecule has 3 rings (SSSR count). The number of morpholine rings is 1. The molecule has 2 aromatic heterocycles. The van der Waals surface area contributed by atoms with Gasteiger partial charge in [-0.1, -0.05) is 0 Å². The Bertz CT molecular complexity index is 628. The van der Waals surface area contributed by atoms with Crippen LogP contribution in [0.5, 0.6) is 0 Å². The summed E-state index contributed by atoms with van der Waals surface area (Å²) in [4.78, 5) is 19.0. The maximum absolute atomic E-state index is 12.3. The summed E-state index contributed by atoms with van der Waals surface area (Å²) in [5.74, 6) is 0. The number of hydrogen-bond donors (Lipinski definition) is 0. The van der Waals surface area contributed by atoms with Crippen molar-refractivity contribution in [2.24, 2.45) is 0 Å². The fourth-order valence-electron chi connectivity index (χ4n) is 2.29. The van der Waals surface area contributed by atoms with Crippen molar-refractivity contribution >= 4 is 21.6 Å². The second-order valence-corrected chi connectivity index (χ2v) is 5.67. The van der Waals surface area contributed by atoms with E-state index in [2.05, 4.69) is 9.88 Å². The Morgan fingerprint density at radius 1 is 1.37 bits per heavy atom. The van der Waals surface area contributed by atoms with Gasteiger partial charge in [-0.2, -0.15) is 0 Å². The highest BCUT2D eigenvalue weighted by atomic mass is 32.1. The van der Waals surface area contributed by atoms with E-state index in [-0.39, 0.29) is 5.56 Å². The Balaban J connectivity index is 1.77. The average molecular weight is 279 g/mol. The summed E-state index contributed by atoms with van der Waals surface area (Å²) >= 11 is 1.49. The van der Waals surface area contributed by atoms with E-state index in [4.69, 9.17) is 4.74 Å². The van der Waals surface area contributed by atoms with Crippen LogP contribution in [0.2, 0.25) is 0 Å². The first-order valence-electron chi connectivity index (χ1n) is 6.49. The maximum Gasteiger partial charge on any atom is 0.271 e. The van der Waals surface area contributed by atoms with E-state index < -0.39 is 0 Å². The van der Waals surface area contributed by atoms with Gasteiger partial charge in [-0.15, -0.1) is 11.3 Å². The van der Waals surface area contributed by atoms with Crippen LogP contribution in [0.15, 0.2) is 16.5 Å². The largest absolute Gasteiger partial charge is 0.379 e. The first kappa shape index (κ1) is 12.8. The van der Waals surface area contributed by atoms with Crippen LogP contribution in [0.1, 0.15) is 5.56 Å². The molecule has 0 aromatic carbocycles. The number of aromatic nitrogens is 2. The molecule has 1 saturated heterocycles. The molecule has 1 aliphatic heterocycles. The van der Waals surface area contributed by atoms with E-state index in [1.54, 1.807) is 10.9 Å². The summed E-state index contributed by atoms with van der Waals surface area (Å²) in [7, 11) is 0. The molecular weight excluding hydrogens is 262 g/mol. The third kappa shape index (κ3) is 2.56. The van der Waals surface area contributed by atoms with Gasteiger partial charge in [0, 0.05) is 26.2 Å². The van der Waals surface area contributed by atoms with Gasteiger partial charge in [0.05, 0.1) is 25.1 Å². The van der Waals surface area contributed by atoms with E-state index in [9.17, 15) is 4.79 Å². The molecule has 0 saturated carbocycles. The van der Waals surface area contributed by atoms with Gasteiger partial charge < -0.3 is 4.74 Å². The first-order valence-corrected chi connectivity index (χ1v) is 7.37. The van der Waals surface area contributed by atoms with E-state index in [0.717, 1.165) is 48.6 Å². The molecule has 0 N–H and O–H groups in total. The summed E-state index contributed by atoms with van der Waals surface area (Å²) < 4.78 is 7.80. The molecule has 0 atom stereocenters. The lowest BCUT2D eigenvalue weighted by Gasteiger charge is -2.26. The van der Waals surface area contributed by atoms with Gasteiger partial charge in [0.2, 0.25) is 0 Å². The molecule has 2 aromatic rings. The Morgan fingerprint density at radius 2 is 2.16 bits per heavy atom. The lowest BCUT2D eigenvalue weighted by Crippen LogP contribution is -2.39. The third-order valence-electron chi connectivity index (χ3n) is 3.48. The molecule has 19 heavy (non-hydrogen) atoms. The second kappa shape index (κ2) is 5.40. The predicted octanol–water partition coefficient (Wildman–Crippen LogP) is 1.10. The van der Waals surface area contributed by atoms with E-state index >= 15 is 0 Å². The van der Waals surface area contributed by atoms with Crippen molar-refractivity contribution in [1.29, 1.82) is 0 Å². The van der Waals surface area contributed by atoms with E-state index in [0.29, 0.717) is 6.54 Å². The summed E-state index contributed by atoms with van der Waals surface area (Å²) in [6.45, 7) is 7.03. The van der Waals surface area contributed by atoms with Crippen molar-refractivity contribution in [3.05, 3.63) is 27.6 Å². The molecule has 0 aliphatic carbocycles. The zero-order valence-corrected chi connectivity index (χ0v) is 11.8. The molecule has 1 aliphatic rings. The maximum atomic E-state index is 12.3. The second-order valence-electron chi connectivity index (χ2n) is 4.79. The van der Waals surface area contributed by atoms with Crippen LogP contribution >= 0.6 is 11.3 Å². The Labute approximate surface area is 115 Å². The molecule has 1 fully saturated rings. The highest BCUT2D eigenvalue weighted by Gasteiger charge is 2.12. The topological polar surface area (TPSA) is 47.4 Å². The first-order chi connectivity index (χ1) is 9.25. The summed E-state index contributed by atoms with van der Waals surface area (Å²) in [6, 6.07) is 0. The molecule has 0 unspecified atom stereocenters. The molecule has 3 heterocycles. The number of ether oxygens (including phenoxy) is 1. The van der Waals surface area contributed by atoms with E-state index in [1.165, 1.54) is 11.3 Å². The number of hydrogen-bond acceptors (Lipinski definition) is 5. The van der Waals surface area contributed by atoms with Crippen LogP contribution in [-0.2, 0) is 11.3 Å². The zero-order chi connectivity index (χ0) is 13.2. The monoisotopic (exact) mass is 279 g/mol. The van der Waals surface area contributed by atoms with Gasteiger partial charge in [-0.25, -0.2) is 4.98 Å². The van der Waals surface area contributed by atoms with Gasteiger partial charge in [-0.05, 0) is 17.9 Å². The Hall–Kier alpha value is -1.24.